The van der Waals surface area contributed by atoms with E-state index in [0.717, 1.165) is 6.07 Å². The largest absolute Gasteiger partial charge is 0.372 e. The predicted molar refractivity (Wildman–Crippen MR) is 108 cm³/mol. The Kier molecular flexibility index (Phi) is 3.68. The van der Waals surface area contributed by atoms with Gasteiger partial charge in [-0.2, -0.15) is 0 Å². The van der Waals surface area contributed by atoms with Crippen LogP contribution in [0, 0.1) is 43.9 Å². The molecule has 4 aliphatic rings. The topological polar surface area (TPSA) is 95.5 Å². The molecular weight excluding hydrogens is 384 g/mol. The van der Waals surface area contributed by atoms with Crippen molar-refractivity contribution in [2.45, 2.75) is 31.0 Å². The maximum atomic E-state index is 11.4. The number of rotatable bonds is 5. The van der Waals surface area contributed by atoms with Gasteiger partial charge < -0.3 is 4.74 Å². The quantitative estimate of drug-likeness (QED) is 0.311. The van der Waals surface area contributed by atoms with Gasteiger partial charge in [0.25, 0.3) is 11.4 Å². The van der Waals surface area contributed by atoms with Crippen molar-refractivity contribution in [3.05, 3.63) is 91.5 Å². The van der Waals surface area contributed by atoms with Gasteiger partial charge in [-0.25, -0.2) is 0 Å². The van der Waals surface area contributed by atoms with Crippen LogP contribution in [-0.2, 0) is 11.3 Å². The van der Waals surface area contributed by atoms with E-state index in [0.29, 0.717) is 41.1 Å². The van der Waals surface area contributed by atoms with E-state index in [1.165, 1.54) is 29.7 Å². The number of nitrogens with zero attached hydrogens (tertiary/aromatic N) is 2. The van der Waals surface area contributed by atoms with Gasteiger partial charge in [0.15, 0.2) is 0 Å². The zero-order valence-corrected chi connectivity index (χ0v) is 16.1. The molecule has 0 heterocycles. The molecule has 0 radical (unpaired) electrons. The smallest absolute Gasteiger partial charge is 0.281 e. The first-order valence-corrected chi connectivity index (χ1v) is 10.3. The van der Waals surface area contributed by atoms with Gasteiger partial charge in [0, 0.05) is 17.9 Å². The van der Waals surface area contributed by atoms with Crippen molar-refractivity contribution in [1.82, 2.24) is 0 Å². The fraction of sp³-hybridized carbons (Fsp3) is 0.391. The Bertz CT molecular complexity index is 1070. The number of ether oxygens (including phenoxy) is 1. The number of nitro groups is 2. The van der Waals surface area contributed by atoms with Crippen LogP contribution < -0.4 is 0 Å². The molecule has 0 N–H and O–H groups in total. The van der Waals surface area contributed by atoms with Gasteiger partial charge >= 0.3 is 0 Å². The van der Waals surface area contributed by atoms with E-state index >= 15 is 0 Å². The third kappa shape index (κ3) is 2.29. The predicted octanol–water partition coefficient (Wildman–Crippen LogP) is 4.72. The molecule has 4 bridgehead atoms. The second kappa shape index (κ2) is 6.22. The number of hydrogen-bond acceptors (Lipinski definition) is 5. The summed E-state index contributed by atoms with van der Waals surface area (Å²) >= 11 is 0. The van der Waals surface area contributed by atoms with Crippen LogP contribution in [0.5, 0.6) is 0 Å². The van der Waals surface area contributed by atoms with Crippen LogP contribution in [0.2, 0.25) is 0 Å². The molecule has 2 aromatic carbocycles. The molecule has 2 aromatic rings. The van der Waals surface area contributed by atoms with Crippen molar-refractivity contribution in [3.63, 3.8) is 0 Å². The lowest BCUT2D eigenvalue weighted by atomic mass is 9.71. The van der Waals surface area contributed by atoms with Crippen molar-refractivity contribution >= 4 is 11.4 Å². The zero-order valence-electron chi connectivity index (χ0n) is 16.1. The molecule has 0 unspecified atom stereocenters. The number of benzene rings is 2. The first kappa shape index (κ1) is 17.8. The summed E-state index contributed by atoms with van der Waals surface area (Å²) in [5.41, 5.74) is 2.84. The summed E-state index contributed by atoms with van der Waals surface area (Å²) in [4.78, 5) is 21.2. The lowest BCUT2D eigenvalue weighted by molar-refractivity contribution is -0.394. The van der Waals surface area contributed by atoms with Crippen LogP contribution in [0.1, 0.15) is 34.9 Å². The average Bonchev–Trinajstić information content (AvgIpc) is 3.49. The molecule has 7 heteroatoms. The summed E-state index contributed by atoms with van der Waals surface area (Å²) in [6.07, 6.45) is 5.81. The van der Waals surface area contributed by atoms with Crippen LogP contribution >= 0.6 is 0 Å². The van der Waals surface area contributed by atoms with Crippen LogP contribution in [0.25, 0.3) is 0 Å². The first-order valence-electron chi connectivity index (χ1n) is 10.3. The van der Waals surface area contributed by atoms with E-state index in [1.807, 2.05) is 0 Å². The van der Waals surface area contributed by atoms with Gasteiger partial charge in [-0.15, -0.1) is 0 Å². The fourth-order valence-electron chi connectivity index (χ4n) is 6.82. The van der Waals surface area contributed by atoms with E-state index in [1.54, 1.807) is 0 Å². The lowest BCUT2D eigenvalue weighted by Gasteiger charge is -2.33. The Labute approximate surface area is 172 Å². The van der Waals surface area contributed by atoms with E-state index in [-0.39, 0.29) is 24.1 Å². The SMILES string of the molecule is O=[N+]([O-])c1ccc(COC2[C@H]3C=C[C@H]2[C@H]2[C@H]3[C@H]3C[C@H]2c2ccccc23)c([N+](=O)[O-])c1. The molecule has 6 rings (SSSR count). The van der Waals surface area contributed by atoms with E-state index < -0.39 is 9.85 Å². The van der Waals surface area contributed by atoms with Crippen molar-refractivity contribution in [2.75, 3.05) is 0 Å². The highest BCUT2D eigenvalue weighted by atomic mass is 16.6. The van der Waals surface area contributed by atoms with Gasteiger partial charge in [0.2, 0.25) is 0 Å². The van der Waals surface area contributed by atoms with Crippen molar-refractivity contribution in [3.8, 4) is 0 Å². The molecule has 6 atom stereocenters. The van der Waals surface area contributed by atoms with E-state index in [9.17, 15) is 20.2 Å². The fourth-order valence-corrected chi connectivity index (χ4v) is 6.82. The third-order valence-electron chi connectivity index (χ3n) is 7.79. The highest BCUT2D eigenvalue weighted by Crippen LogP contribution is 2.70. The van der Waals surface area contributed by atoms with Gasteiger partial charge in [-0.05, 0) is 47.3 Å². The average molecular weight is 404 g/mol. The Morgan fingerprint density at radius 1 is 0.900 bits per heavy atom. The monoisotopic (exact) mass is 404 g/mol. The highest BCUT2D eigenvalue weighted by Gasteiger charge is 2.63. The highest BCUT2D eigenvalue weighted by molar-refractivity contribution is 5.49. The maximum Gasteiger partial charge on any atom is 0.281 e. The lowest BCUT2D eigenvalue weighted by Crippen LogP contribution is -2.25. The number of non-ortho nitro benzene ring substituents is 1. The summed E-state index contributed by atoms with van der Waals surface area (Å²) in [5.74, 6) is 2.99. The minimum atomic E-state index is -0.618. The number of fused-ring (bicyclic) bond motifs is 12. The summed E-state index contributed by atoms with van der Waals surface area (Å²) in [6.45, 7) is 0.0926. The second-order valence-electron chi connectivity index (χ2n) is 8.87. The summed E-state index contributed by atoms with van der Waals surface area (Å²) in [7, 11) is 0. The Morgan fingerprint density at radius 3 is 2.10 bits per heavy atom. The normalized spacial score (nSPS) is 34.2. The van der Waals surface area contributed by atoms with Gasteiger partial charge in [0.05, 0.1) is 34.2 Å². The Hall–Kier alpha value is -3.06. The Morgan fingerprint density at radius 2 is 1.53 bits per heavy atom. The first-order chi connectivity index (χ1) is 14.5. The van der Waals surface area contributed by atoms with Crippen molar-refractivity contribution in [1.29, 1.82) is 0 Å². The molecular formula is C23H20N2O5. The molecule has 0 saturated heterocycles. The van der Waals surface area contributed by atoms with Crippen LogP contribution in [0.3, 0.4) is 0 Å². The molecule has 0 amide bonds. The Balaban J connectivity index is 1.25. The number of hydrogen-bond donors (Lipinski definition) is 0. The molecule has 2 fully saturated rings. The minimum absolute atomic E-state index is 0.0226. The molecule has 30 heavy (non-hydrogen) atoms. The summed E-state index contributed by atoms with van der Waals surface area (Å²) < 4.78 is 6.29. The van der Waals surface area contributed by atoms with Crippen LogP contribution in [0.15, 0.2) is 54.6 Å². The maximum absolute atomic E-state index is 11.4. The minimum Gasteiger partial charge on any atom is -0.372 e. The molecule has 7 nitrogen and oxygen atoms in total. The van der Waals surface area contributed by atoms with Gasteiger partial charge in [0.1, 0.15) is 0 Å². The summed E-state index contributed by atoms with van der Waals surface area (Å²) in [5, 5.41) is 22.4. The molecule has 0 spiro atoms. The number of nitro benzene ring substituents is 2. The van der Waals surface area contributed by atoms with E-state index in [2.05, 4.69) is 36.4 Å². The molecule has 4 aliphatic carbocycles. The second-order valence-corrected chi connectivity index (χ2v) is 8.87. The van der Waals surface area contributed by atoms with Crippen molar-refractivity contribution < 1.29 is 14.6 Å². The summed E-state index contributed by atoms with van der Waals surface area (Å²) in [6, 6.07) is 12.5. The van der Waals surface area contributed by atoms with Crippen molar-refractivity contribution in [2.24, 2.45) is 23.7 Å². The third-order valence-corrected chi connectivity index (χ3v) is 7.79. The zero-order chi connectivity index (χ0) is 20.6. The standard InChI is InChI=1S/C23H20N2O5/c26-24(27)13-6-5-12(20(9-13)25(28)29)11-30-23-16-7-8-17(23)22-19-10-18(21(16)22)14-3-1-2-4-15(14)19/h1-9,16-19,21-23H,10-11H2/t16-,17-,18-,19-,21+,22+/m0/s1. The van der Waals surface area contributed by atoms with Crippen LogP contribution in [0.4, 0.5) is 11.4 Å². The van der Waals surface area contributed by atoms with Crippen LogP contribution in [-0.4, -0.2) is 16.0 Å². The van der Waals surface area contributed by atoms with Gasteiger partial charge in [-0.1, -0.05) is 36.4 Å². The molecule has 0 aromatic heterocycles. The van der Waals surface area contributed by atoms with Gasteiger partial charge in [-0.3, -0.25) is 20.2 Å². The molecule has 152 valence electrons. The van der Waals surface area contributed by atoms with E-state index in [4.69, 9.17) is 4.74 Å². The molecule has 0 aliphatic heterocycles. The molecule has 2 saturated carbocycles.